The molecule has 2 aliphatic heterocycles. The van der Waals surface area contributed by atoms with E-state index in [2.05, 4.69) is 4.98 Å². The number of halogens is 1. The molecule has 5 heteroatoms. The van der Waals surface area contributed by atoms with Crippen molar-refractivity contribution in [2.24, 2.45) is 5.92 Å². The van der Waals surface area contributed by atoms with E-state index in [-0.39, 0.29) is 17.8 Å². The molecular formula is C14H13FN2O2. The Bertz CT molecular complexity index is 640. The number of benzene rings is 1. The molecule has 1 saturated heterocycles. The zero-order valence-corrected chi connectivity index (χ0v) is 10.2. The lowest BCUT2D eigenvalue weighted by atomic mass is 9.90. The Morgan fingerprint density at radius 2 is 2.26 bits per heavy atom. The van der Waals surface area contributed by atoms with Crippen molar-refractivity contribution in [2.45, 2.75) is 12.1 Å². The van der Waals surface area contributed by atoms with Crippen molar-refractivity contribution in [1.82, 2.24) is 9.55 Å². The largest absolute Gasteiger partial charge is 0.390 e. The minimum Gasteiger partial charge on any atom is -0.390 e. The van der Waals surface area contributed by atoms with E-state index in [1.54, 1.807) is 18.6 Å². The SMILES string of the molecule is OC1COCC1C1c2ccc(F)cc2-c2cncn21. The average molecular weight is 260 g/mol. The van der Waals surface area contributed by atoms with Crippen molar-refractivity contribution < 1.29 is 14.2 Å². The summed E-state index contributed by atoms with van der Waals surface area (Å²) in [5.41, 5.74) is 2.80. The number of hydrogen-bond acceptors (Lipinski definition) is 3. The van der Waals surface area contributed by atoms with Crippen LogP contribution in [-0.4, -0.2) is 34.0 Å². The predicted octanol–water partition coefficient (Wildman–Crippen LogP) is 1.60. The van der Waals surface area contributed by atoms with Gasteiger partial charge in [0.05, 0.1) is 43.6 Å². The van der Waals surface area contributed by atoms with Crippen LogP contribution in [0.2, 0.25) is 0 Å². The van der Waals surface area contributed by atoms with Gasteiger partial charge in [0.15, 0.2) is 0 Å². The Labute approximate surface area is 109 Å². The first-order valence-electron chi connectivity index (χ1n) is 6.33. The molecule has 3 atom stereocenters. The molecule has 4 rings (SSSR count). The second-order valence-electron chi connectivity index (χ2n) is 5.13. The van der Waals surface area contributed by atoms with Gasteiger partial charge >= 0.3 is 0 Å². The first kappa shape index (κ1) is 11.1. The number of aromatic nitrogens is 2. The molecule has 3 unspecified atom stereocenters. The van der Waals surface area contributed by atoms with Gasteiger partial charge in [0.1, 0.15) is 5.82 Å². The van der Waals surface area contributed by atoms with E-state index in [4.69, 9.17) is 4.74 Å². The maximum atomic E-state index is 13.4. The third-order valence-electron chi connectivity index (χ3n) is 4.07. The second kappa shape index (κ2) is 3.88. The summed E-state index contributed by atoms with van der Waals surface area (Å²) in [5, 5.41) is 10.1. The molecule has 1 fully saturated rings. The molecule has 0 amide bonds. The fourth-order valence-corrected chi connectivity index (χ4v) is 3.19. The smallest absolute Gasteiger partial charge is 0.123 e. The lowest BCUT2D eigenvalue weighted by Gasteiger charge is -2.23. The molecule has 19 heavy (non-hydrogen) atoms. The lowest BCUT2D eigenvalue weighted by Crippen LogP contribution is -2.27. The highest BCUT2D eigenvalue weighted by atomic mass is 19.1. The molecule has 0 radical (unpaired) electrons. The van der Waals surface area contributed by atoms with Crippen LogP contribution < -0.4 is 0 Å². The zero-order chi connectivity index (χ0) is 13.0. The Morgan fingerprint density at radius 3 is 3.05 bits per heavy atom. The fraction of sp³-hybridized carbons (Fsp3) is 0.357. The molecule has 0 aliphatic carbocycles. The minimum absolute atomic E-state index is 0.0142. The topological polar surface area (TPSA) is 47.3 Å². The first-order chi connectivity index (χ1) is 9.25. The number of hydrogen-bond donors (Lipinski definition) is 1. The molecule has 0 bridgehead atoms. The van der Waals surface area contributed by atoms with Crippen molar-refractivity contribution in [3.05, 3.63) is 42.1 Å². The Balaban J connectivity index is 1.89. The third kappa shape index (κ3) is 1.49. The predicted molar refractivity (Wildman–Crippen MR) is 66.1 cm³/mol. The van der Waals surface area contributed by atoms with Crippen LogP contribution in [0, 0.1) is 11.7 Å². The highest BCUT2D eigenvalue weighted by Crippen LogP contribution is 2.45. The second-order valence-corrected chi connectivity index (χ2v) is 5.13. The van der Waals surface area contributed by atoms with Crippen molar-refractivity contribution in [3.8, 4) is 11.3 Å². The molecule has 1 N–H and O–H groups in total. The fourth-order valence-electron chi connectivity index (χ4n) is 3.19. The van der Waals surface area contributed by atoms with Crippen LogP contribution in [-0.2, 0) is 4.74 Å². The summed E-state index contributed by atoms with van der Waals surface area (Å²) in [4.78, 5) is 4.14. The van der Waals surface area contributed by atoms with Crippen molar-refractivity contribution in [3.63, 3.8) is 0 Å². The van der Waals surface area contributed by atoms with E-state index >= 15 is 0 Å². The molecule has 3 heterocycles. The Kier molecular flexibility index (Phi) is 2.28. The standard InChI is InChI=1S/C14H13FN2O2/c15-8-1-2-9-10(3-8)12-4-16-7-17(12)14(9)11-5-19-6-13(11)18/h1-4,7,11,13-14,18H,5-6H2. The first-order valence-corrected chi connectivity index (χ1v) is 6.33. The van der Waals surface area contributed by atoms with Crippen molar-refractivity contribution >= 4 is 0 Å². The number of imidazole rings is 1. The molecule has 2 aromatic rings. The maximum absolute atomic E-state index is 13.4. The Hall–Kier alpha value is -1.72. The number of fused-ring (bicyclic) bond motifs is 3. The van der Waals surface area contributed by atoms with Crippen molar-refractivity contribution in [1.29, 1.82) is 0 Å². The van der Waals surface area contributed by atoms with Gasteiger partial charge in [-0.1, -0.05) is 6.07 Å². The van der Waals surface area contributed by atoms with Gasteiger partial charge in [-0.3, -0.25) is 0 Å². The maximum Gasteiger partial charge on any atom is 0.123 e. The number of ether oxygens (including phenoxy) is 1. The van der Waals surface area contributed by atoms with Crippen LogP contribution in [0.3, 0.4) is 0 Å². The van der Waals surface area contributed by atoms with Crippen LogP contribution in [0.1, 0.15) is 11.6 Å². The average Bonchev–Trinajstić information content (AvgIpc) is 3.05. The summed E-state index contributed by atoms with van der Waals surface area (Å²) in [6.45, 7) is 0.877. The molecule has 98 valence electrons. The van der Waals surface area contributed by atoms with Crippen LogP contribution in [0.4, 0.5) is 4.39 Å². The molecule has 4 nitrogen and oxygen atoms in total. The van der Waals surface area contributed by atoms with Gasteiger partial charge in [-0.15, -0.1) is 0 Å². The van der Waals surface area contributed by atoms with Gasteiger partial charge < -0.3 is 14.4 Å². The van der Waals surface area contributed by atoms with Gasteiger partial charge in [0, 0.05) is 11.5 Å². The van der Waals surface area contributed by atoms with Crippen LogP contribution in [0.15, 0.2) is 30.7 Å². The summed E-state index contributed by atoms with van der Waals surface area (Å²) in [5.74, 6) is -0.268. The molecule has 0 saturated carbocycles. The molecule has 1 aromatic heterocycles. The quantitative estimate of drug-likeness (QED) is 0.847. The summed E-state index contributed by atoms with van der Waals surface area (Å²) in [6.07, 6.45) is 2.99. The highest BCUT2D eigenvalue weighted by molar-refractivity contribution is 5.69. The summed E-state index contributed by atoms with van der Waals surface area (Å²) in [7, 11) is 0. The van der Waals surface area contributed by atoms with Gasteiger partial charge in [0.25, 0.3) is 0 Å². The van der Waals surface area contributed by atoms with E-state index < -0.39 is 6.10 Å². The molecule has 1 aromatic carbocycles. The van der Waals surface area contributed by atoms with Gasteiger partial charge in [-0.25, -0.2) is 9.37 Å². The van der Waals surface area contributed by atoms with Gasteiger partial charge in [-0.2, -0.15) is 0 Å². The van der Waals surface area contributed by atoms with E-state index in [1.165, 1.54) is 12.1 Å². The monoisotopic (exact) mass is 260 g/mol. The lowest BCUT2D eigenvalue weighted by molar-refractivity contribution is 0.111. The Morgan fingerprint density at radius 1 is 1.37 bits per heavy atom. The van der Waals surface area contributed by atoms with Crippen LogP contribution in [0.25, 0.3) is 11.3 Å². The van der Waals surface area contributed by atoms with Crippen LogP contribution in [0.5, 0.6) is 0 Å². The number of aliphatic hydroxyl groups excluding tert-OH is 1. The zero-order valence-electron chi connectivity index (χ0n) is 10.2. The van der Waals surface area contributed by atoms with Crippen molar-refractivity contribution in [2.75, 3.05) is 13.2 Å². The highest BCUT2D eigenvalue weighted by Gasteiger charge is 2.40. The number of aliphatic hydroxyl groups is 1. The molecule has 2 aliphatic rings. The summed E-state index contributed by atoms with van der Waals surface area (Å²) < 4.78 is 20.8. The third-order valence-corrected chi connectivity index (χ3v) is 4.07. The number of nitrogens with zero attached hydrogens (tertiary/aromatic N) is 2. The number of rotatable bonds is 1. The molecular weight excluding hydrogens is 247 g/mol. The van der Waals surface area contributed by atoms with E-state index in [9.17, 15) is 9.50 Å². The molecule has 0 spiro atoms. The van der Waals surface area contributed by atoms with Crippen LogP contribution >= 0.6 is 0 Å². The summed E-state index contributed by atoms with van der Waals surface area (Å²) >= 11 is 0. The van der Waals surface area contributed by atoms with E-state index in [1.807, 2.05) is 4.57 Å². The van der Waals surface area contributed by atoms with Gasteiger partial charge in [-0.05, 0) is 17.7 Å². The summed E-state index contributed by atoms with van der Waals surface area (Å²) in [6, 6.07) is 4.78. The van der Waals surface area contributed by atoms with Gasteiger partial charge in [0.2, 0.25) is 0 Å². The van der Waals surface area contributed by atoms with E-state index in [0.29, 0.717) is 13.2 Å². The van der Waals surface area contributed by atoms with E-state index in [0.717, 1.165) is 16.8 Å². The normalized spacial score (nSPS) is 28.4. The minimum atomic E-state index is -0.490.